The number of anilines is 1. The minimum Gasteiger partial charge on any atom is -0.508 e. The largest absolute Gasteiger partial charge is 0.508 e. The van der Waals surface area contributed by atoms with Gasteiger partial charge in [0.15, 0.2) is 24.7 Å². The summed E-state index contributed by atoms with van der Waals surface area (Å²) in [6.07, 6.45) is 5.69. The minimum atomic E-state index is 0.222. The number of hydrogen-bond acceptors (Lipinski definition) is 4. The number of pyridine rings is 1. The summed E-state index contributed by atoms with van der Waals surface area (Å²) in [6, 6.07) is 18.9. The third-order valence-electron chi connectivity index (χ3n) is 4.31. The molecule has 0 unspecified atom stereocenters. The summed E-state index contributed by atoms with van der Waals surface area (Å²) in [5.41, 5.74) is 5.42. The van der Waals surface area contributed by atoms with E-state index in [4.69, 9.17) is 16.6 Å². The first-order valence-corrected chi connectivity index (χ1v) is 9.22. The van der Waals surface area contributed by atoms with Gasteiger partial charge in [-0.25, -0.2) is 9.55 Å². The molecule has 0 spiro atoms. The number of thiocarbonyl (C=S) groups is 1. The number of nitrogens with one attached hydrogen (secondary N) is 1. The first-order valence-electron chi connectivity index (χ1n) is 8.75. The Bertz CT molecular complexity index is 1090. The van der Waals surface area contributed by atoms with Gasteiger partial charge in [-0.3, -0.25) is 0 Å². The molecule has 2 N–H and O–H groups in total. The lowest BCUT2D eigenvalue weighted by atomic mass is 10.2. The van der Waals surface area contributed by atoms with Crippen molar-refractivity contribution in [2.75, 3.05) is 5.32 Å². The van der Waals surface area contributed by atoms with Gasteiger partial charge in [-0.2, -0.15) is 0 Å². The Balaban J connectivity index is 1.50. The summed E-state index contributed by atoms with van der Waals surface area (Å²) in [4.78, 5) is 4.37. The van der Waals surface area contributed by atoms with Gasteiger partial charge in [0.2, 0.25) is 5.89 Å². The fourth-order valence-corrected chi connectivity index (χ4v) is 3.05. The first-order chi connectivity index (χ1) is 13.7. The van der Waals surface area contributed by atoms with Crippen LogP contribution in [-0.4, -0.2) is 15.6 Å². The van der Waals surface area contributed by atoms with E-state index in [2.05, 4.69) is 27.0 Å². The van der Waals surface area contributed by atoms with Gasteiger partial charge < -0.3 is 14.8 Å². The molecule has 0 saturated carbocycles. The predicted octanol–water partition coefficient (Wildman–Crippen LogP) is 4.42. The molecule has 0 fully saturated rings. The van der Waals surface area contributed by atoms with Gasteiger partial charge in [0.1, 0.15) is 5.75 Å². The number of aromatic nitrogens is 2. The van der Waals surface area contributed by atoms with E-state index in [9.17, 15) is 5.11 Å². The van der Waals surface area contributed by atoms with Crippen molar-refractivity contribution < 1.29 is 14.1 Å². The Kier molecular flexibility index (Phi) is 5.12. The topological polar surface area (TPSA) is 62.2 Å². The van der Waals surface area contributed by atoms with E-state index in [1.54, 1.807) is 30.5 Å². The molecule has 6 heteroatoms. The fraction of sp³-hybridized carbons (Fsp3) is 0.0455. The number of aromatic hydroxyl groups is 1. The van der Waals surface area contributed by atoms with Gasteiger partial charge in [-0.15, -0.1) is 0 Å². The van der Waals surface area contributed by atoms with Crippen LogP contribution in [0.4, 0.5) is 5.69 Å². The third kappa shape index (κ3) is 4.07. The van der Waals surface area contributed by atoms with Crippen LogP contribution in [0.15, 0.2) is 83.7 Å². The average molecular weight is 388 g/mol. The van der Waals surface area contributed by atoms with Crippen molar-refractivity contribution in [1.29, 1.82) is 0 Å². The smallest absolute Gasteiger partial charge is 0.227 e. The molecule has 5 nitrogen and oxygen atoms in total. The van der Waals surface area contributed by atoms with Crippen molar-refractivity contribution in [1.82, 2.24) is 4.98 Å². The number of hydrogen-bond donors (Lipinski definition) is 2. The molecular weight excluding hydrogens is 370 g/mol. The average Bonchev–Trinajstić information content (AvgIpc) is 3.20. The highest BCUT2D eigenvalue weighted by Crippen LogP contribution is 2.26. The van der Waals surface area contributed by atoms with E-state index in [-0.39, 0.29) is 5.75 Å². The molecule has 0 aliphatic rings. The van der Waals surface area contributed by atoms with Crippen molar-refractivity contribution in [2.45, 2.75) is 6.54 Å². The first kappa shape index (κ1) is 17.9. The van der Waals surface area contributed by atoms with Crippen LogP contribution in [-0.2, 0) is 6.54 Å². The highest BCUT2D eigenvalue weighted by atomic mass is 32.1. The normalized spacial score (nSPS) is 10.6. The molecule has 0 radical (unpaired) electrons. The fourth-order valence-electron chi connectivity index (χ4n) is 2.91. The maximum Gasteiger partial charge on any atom is 0.227 e. The molecule has 4 aromatic rings. The zero-order valence-corrected chi connectivity index (χ0v) is 15.8. The van der Waals surface area contributed by atoms with Gasteiger partial charge in [-0.05, 0) is 36.4 Å². The Morgan fingerprint density at radius 2 is 1.82 bits per heavy atom. The number of benzene rings is 2. The van der Waals surface area contributed by atoms with Crippen molar-refractivity contribution in [2.24, 2.45) is 0 Å². The Labute approximate surface area is 167 Å². The molecular formula is C22H18N3O2S+. The molecule has 0 amide bonds. The Morgan fingerprint density at radius 3 is 2.57 bits per heavy atom. The third-order valence-corrected chi connectivity index (χ3v) is 4.43. The van der Waals surface area contributed by atoms with Gasteiger partial charge in [-0.1, -0.05) is 24.4 Å². The highest BCUT2D eigenvalue weighted by Gasteiger charge is 2.11. The van der Waals surface area contributed by atoms with Crippen LogP contribution in [0.3, 0.4) is 0 Å². The molecule has 138 valence electrons. The minimum absolute atomic E-state index is 0.222. The molecule has 0 saturated heterocycles. The number of phenolic OH excluding ortho intramolecular Hbond substituents is 1. The Hall–Kier alpha value is -3.51. The van der Waals surface area contributed by atoms with E-state index in [0.717, 1.165) is 23.4 Å². The standard InChI is InChI=1S/C22H17N3O2S/c26-20-6-4-17(5-7-20)21-13-23-22(27-21)18-8-10-25(11-9-18)14-16-2-1-3-19(12-16)24-15-28/h1-13,15H,14H2,(H,24,28)/p+1. The van der Waals surface area contributed by atoms with Gasteiger partial charge in [0.25, 0.3) is 0 Å². The highest BCUT2D eigenvalue weighted by molar-refractivity contribution is 7.79. The molecule has 2 aromatic carbocycles. The lowest BCUT2D eigenvalue weighted by Crippen LogP contribution is -2.33. The molecule has 4 rings (SSSR count). The van der Waals surface area contributed by atoms with Crippen LogP contribution in [0.25, 0.3) is 22.8 Å². The summed E-state index contributed by atoms with van der Waals surface area (Å²) in [5, 5.41) is 12.4. The predicted molar refractivity (Wildman–Crippen MR) is 112 cm³/mol. The van der Waals surface area contributed by atoms with E-state index in [1.165, 1.54) is 11.1 Å². The van der Waals surface area contributed by atoms with Crippen molar-refractivity contribution >= 4 is 23.4 Å². The zero-order valence-electron chi connectivity index (χ0n) is 14.9. The van der Waals surface area contributed by atoms with Crippen molar-refractivity contribution in [3.63, 3.8) is 0 Å². The van der Waals surface area contributed by atoms with Gasteiger partial charge in [0, 0.05) is 34.5 Å². The molecule has 2 heterocycles. The summed E-state index contributed by atoms with van der Waals surface area (Å²) in [5.74, 6) is 1.44. The number of rotatable bonds is 6. The summed E-state index contributed by atoms with van der Waals surface area (Å²) in [6.45, 7) is 0.748. The second-order valence-corrected chi connectivity index (χ2v) is 6.53. The van der Waals surface area contributed by atoms with E-state index in [0.29, 0.717) is 11.7 Å². The van der Waals surface area contributed by atoms with Crippen LogP contribution in [0.2, 0.25) is 0 Å². The molecule has 0 aliphatic carbocycles. The van der Waals surface area contributed by atoms with Crippen LogP contribution >= 0.6 is 12.2 Å². The summed E-state index contributed by atoms with van der Waals surface area (Å²) in [7, 11) is 0. The van der Waals surface area contributed by atoms with E-state index in [1.807, 2.05) is 36.7 Å². The van der Waals surface area contributed by atoms with Crippen LogP contribution < -0.4 is 9.88 Å². The quantitative estimate of drug-likeness (QED) is 0.378. The summed E-state index contributed by atoms with van der Waals surface area (Å²) < 4.78 is 7.96. The summed E-state index contributed by atoms with van der Waals surface area (Å²) >= 11 is 4.84. The van der Waals surface area contributed by atoms with Crippen molar-refractivity contribution in [3.8, 4) is 28.5 Å². The number of oxazole rings is 1. The van der Waals surface area contributed by atoms with Crippen molar-refractivity contribution in [3.05, 3.63) is 84.8 Å². The van der Waals surface area contributed by atoms with Crippen LogP contribution in [0, 0.1) is 0 Å². The molecule has 0 bridgehead atoms. The SMILES string of the molecule is Oc1ccc(-c2cnc(-c3cc[n+](Cc4cccc(NC=S)c4)cc3)o2)cc1. The van der Waals surface area contributed by atoms with E-state index < -0.39 is 0 Å². The van der Waals surface area contributed by atoms with E-state index >= 15 is 0 Å². The second-order valence-electron chi connectivity index (χ2n) is 6.30. The van der Waals surface area contributed by atoms with Crippen LogP contribution in [0.1, 0.15) is 5.56 Å². The monoisotopic (exact) mass is 388 g/mol. The maximum atomic E-state index is 9.40. The lowest BCUT2D eigenvalue weighted by molar-refractivity contribution is -0.688. The second kappa shape index (κ2) is 8.02. The van der Waals surface area contributed by atoms with Gasteiger partial charge >= 0.3 is 0 Å². The Morgan fingerprint density at radius 1 is 1.04 bits per heavy atom. The number of nitrogens with zero attached hydrogens (tertiary/aromatic N) is 2. The maximum absolute atomic E-state index is 9.40. The molecule has 2 aromatic heterocycles. The van der Waals surface area contributed by atoms with Gasteiger partial charge in [0.05, 0.1) is 11.7 Å². The zero-order chi connectivity index (χ0) is 19.3. The molecule has 0 aliphatic heterocycles. The van der Waals surface area contributed by atoms with Crippen LogP contribution in [0.5, 0.6) is 5.75 Å². The molecule has 0 atom stereocenters. The number of phenols is 1. The lowest BCUT2D eigenvalue weighted by Gasteiger charge is -2.03. The molecule has 28 heavy (non-hydrogen) atoms.